The van der Waals surface area contributed by atoms with Crippen LogP contribution in [0.3, 0.4) is 0 Å². The molecule has 0 aliphatic heterocycles. The number of benzene rings is 2. The molecule has 1 N–H and O–H groups in total. The van der Waals surface area contributed by atoms with Gasteiger partial charge in [0.25, 0.3) is 0 Å². The number of carbonyl (C=O) groups is 1. The fraction of sp³-hybridized carbons (Fsp3) is 0.304. The van der Waals surface area contributed by atoms with Crippen molar-refractivity contribution < 1.29 is 9.90 Å². The van der Waals surface area contributed by atoms with Crippen LogP contribution in [0.15, 0.2) is 53.5 Å². The lowest BCUT2D eigenvalue weighted by Gasteiger charge is -2.09. The van der Waals surface area contributed by atoms with E-state index in [4.69, 9.17) is 16.7 Å². The van der Waals surface area contributed by atoms with Crippen molar-refractivity contribution in [3.63, 3.8) is 0 Å². The van der Waals surface area contributed by atoms with Crippen molar-refractivity contribution in [2.24, 2.45) is 7.05 Å². The molecular weight excluding hydrogens is 402 g/mol. The maximum atomic E-state index is 13.3. The molecule has 2 aromatic heterocycles. The normalized spacial score (nSPS) is 11.5. The number of unbranched alkanes of at least 4 members (excludes halogenated alkanes) is 2. The van der Waals surface area contributed by atoms with Gasteiger partial charge >= 0.3 is 11.7 Å². The van der Waals surface area contributed by atoms with Crippen molar-refractivity contribution in [2.45, 2.75) is 38.8 Å². The number of carboxylic acid groups (broad SMARTS) is 1. The second kappa shape index (κ2) is 8.40. The Balaban J connectivity index is 1.69. The van der Waals surface area contributed by atoms with E-state index in [-0.39, 0.29) is 12.1 Å². The number of carboxylic acids is 1. The standard InChI is InChI=1S/C23H24ClN3O3/c1-25-12-10-16-13-18(24)14-17(22(16)25)15-27-20-8-5-4-7-19(20)26(23(27)30)11-6-2-3-9-21(28)29/h4-5,7-8,10,12-14H,2-3,6,9,11,15H2,1H3,(H,28,29). The Morgan fingerprint density at radius 1 is 1.03 bits per heavy atom. The minimum atomic E-state index is -0.780. The quantitative estimate of drug-likeness (QED) is 0.418. The smallest absolute Gasteiger partial charge is 0.329 e. The van der Waals surface area contributed by atoms with Crippen molar-refractivity contribution >= 4 is 39.5 Å². The number of hydrogen-bond acceptors (Lipinski definition) is 2. The number of nitrogens with zero attached hydrogens (tertiary/aromatic N) is 3. The predicted molar refractivity (Wildman–Crippen MR) is 119 cm³/mol. The number of halogens is 1. The molecule has 0 radical (unpaired) electrons. The largest absolute Gasteiger partial charge is 0.481 e. The lowest BCUT2D eigenvalue weighted by molar-refractivity contribution is -0.137. The second-order valence-electron chi connectivity index (χ2n) is 7.64. The van der Waals surface area contributed by atoms with E-state index in [0.717, 1.165) is 40.3 Å². The summed E-state index contributed by atoms with van der Waals surface area (Å²) in [6.45, 7) is 1.00. The molecule has 0 saturated heterocycles. The Kier molecular flexibility index (Phi) is 5.68. The Labute approximate surface area is 178 Å². The van der Waals surface area contributed by atoms with Gasteiger partial charge in [-0.2, -0.15) is 0 Å². The third-order valence-electron chi connectivity index (χ3n) is 5.54. The summed E-state index contributed by atoms with van der Waals surface area (Å²) in [4.78, 5) is 24.0. The third kappa shape index (κ3) is 3.87. The number of para-hydroxylation sites is 2. The molecule has 0 aliphatic rings. The molecule has 156 valence electrons. The van der Waals surface area contributed by atoms with Gasteiger partial charge in [0.05, 0.1) is 23.1 Å². The lowest BCUT2D eigenvalue weighted by atomic mass is 10.1. The number of fused-ring (bicyclic) bond motifs is 2. The van der Waals surface area contributed by atoms with E-state index in [1.165, 1.54) is 0 Å². The molecule has 7 heteroatoms. The third-order valence-corrected chi connectivity index (χ3v) is 5.76. The van der Waals surface area contributed by atoms with Gasteiger partial charge < -0.3 is 9.67 Å². The highest BCUT2D eigenvalue weighted by molar-refractivity contribution is 6.31. The van der Waals surface area contributed by atoms with E-state index in [2.05, 4.69) is 0 Å². The van der Waals surface area contributed by atoms with E-state index in [9.17, 15) is 9.59 Å². The van der Waals surface area contributed by atoms with Gasteiger partial charge in [0, 0.05) is 36.6 Å². The molecule has 0 aliphatic carbocycles. The molecular formula is C23H24ClN3O3. The summed E-state index contributed by atoms with van der Waals surface area (Å²) in [7, 11) is 1.99. The van der Waals surface area contributed by atoms with Crippen LogP contribution in [0, 0.1) is 0 Å². The minimum absolute atomic E-state index is 0.0585. The summed E-state index contributed by atoms with van der Waals surface area (Å²) in [5.41, 5.74) is 3.78. The zero-order valence-corrected chi connectivity index (χ0v) is 17.6. The molecule has 2 heterocycles. The van der Waals surface area contributed by atoms with Crippen LogP contribution in [0.4, 0.5) is 0 Å². The van der Waals surface area contributed by atoms with Crippen LogP contribution < -0.4 is 5.69 Å². The van der Waals surface area contributed by atoms with E-state index >= 15 is 0 Å². The zero-order valence-electron chi connectivity index (χ0n) is 16.8. The van der Waals surface area contributed by atoms with Gasteiger partial charge in [-0.1, -0.05) is 30.2 Å². The van der Waals surface area contributed by atoms with Crippen molar-refractivity contribution in [3.05, 3.63) is 69.7 Å². The van der Waals surface area contributed by atoms with Crippen LogP contribution in [0.1, 0.15) is 31.2 Å². The number of rotatable bonds is 8. The fourth-order valence-electron chi connectivity index (χ4n) is 4.16. The van der Waals surface area contributed by atoms with Crippen LogP contribution in [-0.4, -0.2) is 24.8 Å². The van der Waals surface area contributed by atoms with Crippen LogP contribution in [0.25, 0.3) is 21.9 Å². The monoisotopic (exact) mass is 425 g/mol. The number of hydrogen-bond donors (Lipinski definition) is 1. The zero-order chi connectivity index (χ0) is 21.3. The summed E-state index contributed by atoms with van der Waals surface area (Å²) in [5, 5.41) is 10.5. The summed E-state index contributed by atoms with van der Waals surface area (Å²) in [5.74, 6) is -0.780. The first-order chi connectivity index (χ1) is 14.5. The van der Waals surface area contributed by atoms with Crippen LogP contribution >= 0.6 is 11.6 Å². The molecule has 30 heavy (non-hydrogen) atoms. The Bertz CT molecular complexity index is 1280. The van der Waals surface area contributed by atoms with E-state index < -0.39 is 5.97 Å². The van der Waals surface area contributed by atoms with Crippen molar-refractivity contribution in [1.29, 1.82) is 0 Å². The van der Waals surface area contributed by atoms with Gasteiger partial charge in [-0.05, 0) is 48.7 Å². The maximum Gasteiger partial charge on any atom is 0.329 e. The molecule has 0 fully saturated rings. The van der Waals surface area contributed by atoms with Crippen molar-refractivity contribution in [1.82, 2.24) is 13.7 Å². The molecule has 6 nitrogen and oxygen atoms in total. The van der Waals surface area contributed by atoms with Gasteiger partial charge in [-0.15, -0.1) is 0 Å². The summed E-state index contributed by atoms with van der Waals surface area (Å²) in [6.07, 6.45) is 4.32. The molecule has 4 rings (SSSR count). The summed E-state index contributed by atoms with van der Waals surface area (Å²) in [6, 6.07) is 13.7. The highest BCUT2D eigenvalue weighted by Crippen LogP contribution is 2.26. The minimum Gasteiger partial charge on any atom is -0.481 e. The molecule has 0 bridgehead atoms. The number of imidazole rings is 1. The Morgan fingerprint density at radius 3 is 2.50 bits per heavy atom. The molecule has 0 unspecified atom stereocenters. The van der Waals surface area contributed by atoms with Gasteiger partial charge in [0.15, 0.2) is 0 Å². The highest BCUT2D eigenvalue weighted by atomic mass is 35.5. The molecule has 2 aromatic carbocycles. The van der Waals surface area contributed by atoms with E-state index in [0.29, 0.717) is 24.5 Å². The van der Waals surface area contributed by atoms with Crippen LogP contribution in [-0.2, 0) is 24.9 Å². The molecule has 4 aromatic rings. The van der Waals surface area contributed by atoms with Gasteiger partial charge in [-0.25, -0.2) is 4.79 Å². The van der Waals surface area contributed by atoms with Crippen molar-refractivity contribution in [2.75, 3.05) is 0 Å². The molecule has 0 spiro atoms. The molecule has 0 amide bonds. The average Bonchev–Trinajstić information content (AvgIpc) is 3.20. The summed E-state index contributed by atoms with van der Waals surface area (Å²) < 4.78 is 5.64. The fourth-order valence-corrected chi connectivity index (χ4v) is 4.41. The van der Waals surface area contributed by atoms with Crippen LogP contribution in [0.5, 0.6) is 0 Å². The number of aryl methyl sites for hydroxylation is 2. The van der Waals surface area contributed by atoms with Gasteiger partial charge in [0.1, 0.15) is 0 Å². The second-order valence-corrected chi connectivity index (χ2v) is 8.08. The number of aromatic nitrogens is 3. The van der Waals surface area contributed by atoms with Gasteiger partial charge in [-0.3, -0.25) is 13.9 Å². The SMILES string of the molecule is Cn1ccc2cc(Cl)cc(Cn3c(=O)n(CCCCCC(=O)O)c4ccccc43)c21. The Morgan fingerprint density at radius 2 is 1.77 bits per heavy atom. The number of aliphatic carboxylic acids is 1. The van der Waals surface area contributed by atoms with Crippen LogP contribution in [0.2, 0.25) is 5.02 Å². The first-order valence-corrected chi connectivity index (χ1v) is 10.5. The molecule has 0 saturated carbocycles. The van der Waals surface area contributed by atoms with Gasteiger partial charge in [0.2, 0.25) is 0 Å². The maximum absolute atomic E-state index is 13.3. The Hall–Kier alpha value is -2.99. The van der Waals surface area contributed by atoms with E-state index in [1.807, 2.05) is 60.3 Å². The average molecular weight is 426 g/mol. The lowest BCUT2D eigenvalue weighted by Crippen LogP contribution is -2.25. The van der Waals surface area contributed by atoms with E-state index in [1.54, 1.807) is 9.13 Å². The predicted octanol–water partition coefficient (Wildman–Crippen LogP) is 4.64. The first kappa shape index (κ1) is 20.3. The summed E-state index contributed by atoms with van der Waals surface area (Å²) >= 11 is 6.34. The first-order valence-electron chi connectivity index (χ1n) is 10.1. The highest BCUT2D eigenvalue weighted by Gasteiger charge is 2.15. The topological polar surface area (TPSA) is 69.2 Å². The van der Waals surface area contributed by atoms with Crippen molar-refractivity contribution in [3.8, 4) is 0 Å². The molecule has 0 atom stereocenters.